The molecule has 1 saturated heterocycles. The summed E-state index contributed by atoms with van der Waals surface area (Å²) >= 11 is 0. The highest BCUT2D eigenvalue weighted by molar-refractivity contribution is 5.54. The number of nitrogens with zero attached hydrogens (tertiary/aromatic N) is 2. The van der Waals surface area contributed by atoms with Gasteiger partial charge in [0, 0.05) is 18.3 Å². The van der Waals surface area contributed by atoms with E-state index < -0.39 is 10.7 Å². The van der Waals surface area contributed by atoms with Crippen molar-refractivity contribution in [2.75, 3.05) is 24.7 Å². The van der Waals surface area contributed by atoms with Crippen molar-refractivity contribution in [1.29, 1.82) is 0 Å². The predicted molar refractivity (Wildman–Crippen MR) is 65.3 cm³/mol. The van der Waals surface area contributed by atoms with E-state index in [1.165, 1.54) is 12.1 Å². The fraction of sp³-hybridized carbons (Fsp3) is 0.500. The topological polar surface area (TPSA) is 55.6 Å². The number of ether oxygens (including phenoxy) is 1. The van der Waals surface area contributed by atoms with E-state index in [1.54, 1.807) is 0 Å². The minimum atomic E-state index is -0.583. The Bertz CT molecular complexity index is 453. The van der Waals surface area contributed by atoms with E-state index in [2.05, 4.69) is 0 Å². The molecule has 1 heterocycles. The first-order chi connectivity index (χ1) is 8.61. The number of anilines is 1. The van der Waals surface area contributed by atoms with Crippen LogP contribution in [0.2, 0.25) is 0 Å². The summed E-state index contributed by atoms with van der Waals surface area (Å²) in [5, 5.41) is 10.7. The van der Waals surface area contributed by atoms with Crippen LogP contribution in [0.4, 0.5) is 15.8 Å². The number of hydrogen-bond donors (Lipinski definition) is 0. The third-order valence-corrected chi connectivity index (χ3v) is 3.11. The van der Waals surface area contributed by atoms with Crippen LogP contribution in [0.25, 0.3) is 0 Å². The van der Waals surface area contributed by atoms with E-state index in [9.17, 15) is 14.5 Å². The zero-order valence-electron chi connectivity index (χ0n) is 10.1. The van der Waals surface area contributed by atoms with Gasteiger partial charge in [0.25, 0.3) is 5.69 Å². The van der Waals surface area contributed by atoms with Gasteiger partial charge >= 0.3 is 0 Å². The van der Waals surface area contributed by atoms with Gasteiger partial charge in [-0.15, -0.1) is 0 Å². The predicted octanol–water partition coefficient (Wildman–Crippen LogP) is 2.35. The van der Waals surface area contributed by atoms with Crippen molar-refractivity contribution in [1.82, 2.24) is 0 Å². The summed E-state index contributed by atoms with van der Waals surface area (Å²) in [6.45, 7) is 3.76. The number of morpholine rings is 1. The van der Waals surface area contributed by atoms with Crippen LogP contribution in [0.1, 0.15) is 13.3 Å². The summed E-state index contributed by atoms with van der Waals surface area (Å²) < 4.78 is 18.8. The zero-order valence-corrected chi connectivity index (χ0v) is 10.1. The van der Waals surface area contributed by atoms with E-state index in [1.807, 2.05) is 11.8 Å². The average Bonchev–Trinajstić information content (AvgIpc) is 2.38. The van der Waals surface area contributed by atoms with Gasteiger partial charge < -0.3 is 9.64 Å². The molecule has 0 N–H and O–H groups in total. The summed E-state index contributed by atoms with van der Waals surface area (Å²) in [4.78, 5) is 12.1. The molecule has 0 saturated carbocycles. The molecule has 98 valence electrons. The molecule has 18 heavy (non-hydrogen) atoms. The summed E-state index contributed by atoms with van der Waals surface area (Å²) in [6.07, 6.45) is 0.851. The molecule has 0 amide bonds. The average molecular weight is 254 g/mol. The number of hydrogen-bond acceptors (Lipinski definition) is 4. The lowest BCUT2D eigenvalue weighted by Crippen LogP contribution is -2.45. The van der Waals surface area contributed by atoms with Crippen LogP contribution >= 0.6 is 0 Å². The largest absolute Gasteiger partial charge is 0.377 e. The quantitative estimate of drug-likeness (QED) is 0.613. The van der Waals surface area contributed by atoms with Crippen molar-refractivity contribution in [2.24, 2.45) is 0 Å². The number of nitro benzene ring substituents is 1. The molecule has 5 nitrogen and oxygen atoms in total. The second-order valence-corrected chi connectivity index (χ2v) is 4.26. The maximum absolute atomic E-state index is 13.4. The smallest absolute Gasteiger partial charge is 0.274 e. The van der Waals surface area contributed by atoms with Gasteiger partial charge in [-0.3, -0.25) is 10.1 Å². The SMILES string of the molecule is CCC1COCCN1c1cc(F)cc([N+](=O)[O-])c1. The molecule has 1 fully saturated rings. The van der Waals surface area contributed by atoms with Crippen LogP contribution in [0.5, 0.6) is 0 Å². The van der Waals surface area contributed by atoms with Gasteiger partial charge in [0.05, 0.1) is 30.2 Å². The highest BCUT2D eigenvalue weighted by Gasteiger charge is 2.23. The first kappa shape index (κ1) is 12.8. The Balaban J connectivity index is 2.33. The fourth-order valence-electron chi connectivity index (χ4n) is 2.16. The molecule has 2 rings (SSSR count). The standard InChI is InChI=1S/C12H15FN2O3/c1-2-10-8-18-4-3-14(10)11-5-9(13)6-12(7-11)15(16)17/h5-7,10H,2-4,8H2,1H3. The second-order valence-electron chi connectivity index (χ2n) is 4.26. The van der Waals surface area contributed by atoms with E-state index in [4.69, 9.17) is 4.74 Å². The highest BCUT2D eigenvalue weighted by atomic mass is 19.1. The van der Waals surface area contributed by atoms with Crippen LogP contribution in [-0.4, -0.2) is 30.7 Å². The van der Waals surface area contributed by atoms with Gasteiger partial charge in [-0.25, -0.2) is 4.39 Å². The first-order valence-electron chi connectivity index (χ1n) is 5.91. The number of benzene rings is 1. The minimum absolute atomic E-state index is 0.139. The molecule has 6 heteroatoms. The monoisotopic (exact) mass is 254 g/mol. The zero-order chi connectivity index (χ0) is 13.1. The Hall–Kier alpha value is -1.69. The molecule has 1 aliphatic heterocycles. The Morgan fingerprint density at radius 2 is 2.33 bits per heavy atom. The van der Waals surface area contributed by atoms with Gasteiger partial charge in [0.2, 0.25) is 0 Å². The lowest BCUT2D eigenvalue weighted by Gasteiger charge is -2.36. The normalized spacial score (nSPS) is 19.9. The van der Waals surface area contributed by atoms with Crippen LogP contribution in [-0.2, 0) is 4.74 Å². The van der Waals surface area contributed by atoms with Crippen molar-refractivity contribution in [3.05, 3.63) is 34.1 Å². The summed E-state index contributed by atoms with van der Waals surface area (Å²) in [5.41, 5.74) is 0.336. The molecule has 1 aromatic carbocycles. The molecule has 1 aromatic rings. The van der Waals surface area contributed by atoms with Crippen molar-refractivity contribution in [3.8, 4) is 0 Å². The van der Waals surface area contributed by atoms with Gasteiger partial charge in [-0.05, 0) is 12.5 Å². The Morgan fingerprint density at radius 3 is 3.00 bits per heavy atom. The maximum Gasteiger partial charge on any atom is 0.274 e. The molecule has 0 aliphatic carbocycles. The van der Waals surface area contributed by atoms with E-state index in [0.29, 0.717) is 25.4 Å². The van der Waals surface area contributed by atoms with E-state index in [-0.39, 0.29) is 11.7 Å². The molecular weight excluding hydrogens is 239 g/mol. The van der Waals surface area contributed by atoms with Crippen LogP contribution < -0.4 is 4.90 Å². The number of non-ortho nitro benzene ring substituents is 1. The van der Waals surface area contributed by atoms with Gasteiger partial charge in [-0.2, -0.15) is 0 Å². The number of halogens is 1. The van der Waals surface area contributed by atoms with E-state index >= 15 is 0 Å². The molecular formula is C12H15FN2O3. The van der Waals surface area contributed by atoms with Crippen molar-refractivity contribution in [3.63, 3.8) is 0 Å². The summed E-state index contributed by atoms with van der Waals surface area (Å²) in [7, 11) is 0. The van der Waals surface area contributed by atoms with Gasteiger partial charge in [0.15, 0.2) is 0 Å². The van der Waals surface area contributed by atoms with Gasteiger partial charge in [-0.1, -0.05) is 6.92 Å². The van der Waals surface area contributed by atoms with E-state index in [0.717, 1.165) is 12.5 Å². The van der Waals surface area contributed by atoms with Crippen LogP contribution in [0.3, 0.4) is 0 Å². The molecule has 0 spiro atoms. The Kier molecular flexibility index (Phi) is 3.76. The highest BCUT2D eigenvalue weighted by Crippen LogP contribution is 2.26. The minimum Gasteiger partial charge on any atom is -0.377 e. The maximum atomic E-state index is 13.4. The summed E-state index contributed by atoms with van der Waals surface area (Å²) in [6, 6.07) is 3.82. The molecule has 0 aromatic heterocycles. The molecule has 1 atom stereocenters. The Morgan fingerprint density at radius 1 is 1.56 bits per heavy atom. The Labute approximate surface area is 104 Å². The molecule has 1 aliphatic rings. The molecule has 0 bridgehead atoms. The van der Waals surface area contributed by atoms with Crippen molar-refractivity contribution >= 4 is 11.4 Å². The first-order valence-corrected chi connectivity index (χ1v) is 5.91. The number of nitro groups is 1. The lowest BCUT2D eigenvalue weighted by atomic mass is 10.1. The second kappa shape index (κ2) is 5.30. The fourth-order valence-corrected chi connectivity index (χ4v) is 2.16. The number of rotatable bonds is 3. The molecule has 1 unspecified atom stereocenters. The third-order valence-electron chi connectivity index (χ3n) is 3.11. The summed E-state index contributed by atoms with van der Waals surface area (Å²) in [5.74, 6) is -0.583. The van der Waals surface area contributed by atoms with Crippen molar-refractivity contribution in [2.45, 2.75) is 19.4 Å². The molecule has 0 radical (unpaired) electrons. The lowest BCUT2D eigenvalue weighted by molar-refractivity contribution is -0.385. The van der Waals surface area contributed by atoms with Gasteiger partial charge in [0.1, 0.15) is 5.82 Å². The third kappa shape index (κ3) is 2.59. The van der Waals surface area contributed by atoms with Crippen LogP contribution in [0.15, 0.2) is 18.2 Å². The van der Waals surface area contributed by atoms with Crippen molar-refractivity contribution < 1.29 is 14.1 Å². The van der Waals surface area contributed by atoms with Crippen LogP contribution in [0, 0.1) is 15.9 Å².